The first-order valence-corrected chi connectivity index (χ1v) is 10.2. The Labute approximate surface area is 233 Å². The fourth-order valence-corrected chi connectivity index (χ4v) is 2.62. The molecule has 0 saturated heterocycles. The molecule has 3 aromatic rings. The standard InChI is InChI=1S/C23H24N.C5H10.CH3.K/c1-23(2,3)20-11-15-22(16-12-20)24-21-13-9-19(10-14-21)17-18-7-5-4-6-8-18;1-4-5(2)3;;/h4-17,24H,1-3H3;4H,1-3H3;1H3;/q-1;;-1;+1. The van der Waals surface area contributed by atoms with Gasteiger partial charge in [-0.1, -0.05) is 74.9 Å². The van der Waals surface area contributed by atoms with Gasteiger partial charge in [0.1, 0.15) is 0 Å². The third kappa shape index (κ3) is 11.2. The van der Waals surface area contributed by atoms with Gasteiger partial charge in [-0.25, -0.2) is 0 Å². The molecule has 0 unspecified atom stereocenters. The second-order valence-corrected chi connectivity index (χ2v) is 8.50. The molecular formula is C29H37KN-. The van der Waals surface area contributed by atoms with Crippen LogP contribution in [-0.4, -0.2) is 0 Å². The van der Waals surface area contributed by atoms with Crippen molar-refractivity contribution in [3.05, 3.63) is 121 Å². The Hall–Kier alpha value is -1.29. The Morgan fingerprint density at radius 2 is 1.16 bits per heavy atom. The van der Waals surface area contributed by atoms with Crippen LogP contribution in [0.25, 0.3) is 0 Å². The van der Waals surface area contributed by atoms with Crippen LogP contribution in [0.1, 0.15) is 58.2 Å². The maximum Gasteiger partial charge on any atom is 1.00 e. The van der Waals surface area contributed by atoms with Gasteiger partial charge < -0.3 is 12.7 Å². The molecule has 3 rings (SSSR count). The van der Waals surface area contributed by atoms with Gasteiger partial charge >= 0.3 is 51.4 Å². The van der Waals surface area contributed by atoms with E-state index in [9.17, 15) is 0 Å². The molecule has 0 saturated carbocycles. The van der Waals surface area contributed by atoms with Crippen LogP contribution >= 0.6 is 0 Å². The van der Waals surface area contributed by atoms with E-state index in [0.717, 1.165) is 11.4 Å². The summed E-state index contributed by atoms with van der Waals surface area (Å²) in [5.41, 5.74) is 7.55. The molecule has 1 nitrogen and oxygen atoms in total. The second-order valence-electron chi connectivity index (χ2n) is 8.50. The molecule has 0 bridgehead atoms. The Morgan fingerprint density at radius 3 is 1.58 bits per heavy atom. The van der Waals surface area contributed by atoms with Gasteiger partial charge in [0.15, 0.2) is 0 Å². The maximum absolute atomic E-state index is 3.46. The van der Waals surface area contributed by atoms with Gasteiger partial charge in [0.25, 0.3) is 0 Å². The van der Waals surface area contributed by atoms with Crippen molar-refractivity contribution in [1.29, 1.82) is 0 Å². The molecule has 0 atom stereocenters. The summed E-state index contributed by atoms with van der Waals surface area (Å²) in [5, 5.41) is 3.46. The predicted molar refractivity (Wildman–Crippen MR) is 135 cm³/mol. The summed E-state index contributed by atoms with van der Waals surface area (Å²) in [4.78, 5) is 0. The number of nitrogens with one attached hydrogen (secondary N) is 1. The third-order valence-electron chi connectivity index (χ3n) is 4.66. The van der Waals surface area contributed by atoms with Crippen molar-refractivity contribution in [2.24, 2.45) is 0 Å². The summed E-state index contributed by atoms with van der Waals surface area (Å²) in [6.45, 7) is 12.9. The van der Waals surface area contributed by atoms with E-state index in [0.29, 0.717) is 0 Å². The summed E-state index contributed by atoms with van der Waals surface area (Å²) in [6.07, 6.45) is 4.27. The smallest absolute Gasteiger partial charge is 0.358 e. The molecule has 0 fully saturated rings. The minimum absolute atomic E-state index is 0. The first-order valence-electron chi connectivity index (χ1n) is 10.2. The van der Waals surface area contributed by atoms with Crippen LogP contribution in [0.4, 0.5) is 11.4 Å². The molecule has 0 aliphatic rings. The molecule has 160 valence electrons. The van der Waals surface area contributed by atoms with Crippen molar-refractivity contribution in [2.45, 2.75) is 47.0 Å². The number of benzene rings is 3. The molecule has 1 N–H and O–H groups in total. The second kappa shape index (κ2) is 14.7. The predicted octanol–water partition coefficient (Wildman–Crippen LogP) is 5.76. The van der Waals surface area contributed by atoms with Crippen LogP contribution in [0.15, 0.2) is 90.5 Å². The van der Waals surface area contributed by atoms with Crippen LogP contribution < -0.4 is 56.7 Å². The van der Waals surface area contributed by atoms with E-state index in [-0.39, 0.29) is 64.2 Å². The number of allylic oxidation sites excluding steroid dienone is 2. The number of hydrogen-bond acceptors (Lipinski definition) is 1. The number of hydrogen-bond donors (Lipinski definition) is 1. The van der Waals surface area contributed by atoms with Crippen LogP contribution in [0.3, 0.4) is 0 Å². The molecule has 3 aromatic carbocycles. The topological polar surface area (TPSA) is 12.0 Å². The van der Waals surface area contributed by atoms with E-state index >= 15 is 0 Å². The van der Waals surface area contributed by atoms with Crippen molar-refractivity contribution in [3.63, 3.8) is 0 Å². The minimum atomic E-state index is 0. The average Bonchev–Trinajstić information content (AvgIpc) is 2.70. The molecule has 0 aromatic heterocycles. The van der Waals surface area contributed by atoms with Gasteiger partial charge in [0, 0.05) is 11.4 Å². The molecule has 0 amide bonds. The van der Waals surface area contributed by atoms with E-state index in [2.05, 4.69) is 125 Å². The summed E-state index contributed by atoms with van der Waals surface area (Å²) < 4.78 is 0. The van der Waals surface area contributed by atoms with E-state index in [1.165, 1.54) is 22.3 Å². The van der Waals surface area contributed by atoms with Crippen LogP contribution in [-0.2, 0) is 5.41 Å². The fourth-order valence-electron chi connectivity index (χ4n) is 2.62. The number of anilines is 2. The zero-order valence-corrected chi connectivity index (χ0v) is 23.8. The van der Waals surface area contributed by atoms with Crippen molar-refractivity contribution < 1.29 is 51.4 Å². The van der Waals surface area contributed by atoms with E-state index < -0.39 is 0 Å². The van der Waals surface area contributed by atoms with Gasteiger partial charge in [0.05, 0.1) is 0 Å². The van der Waals surface area contributed by atoms with Crippen LogP contribution in [0, 0.1) is 13.8 Å². The normalized spacial score (nSPS) is 9.74. The number of rotatable bonds is 4. The molecule has 0 heterocycles. The molecular weight excluding hydrogens is 401 g/mol. The monoisotopic (exact) mass is 438 g/mol. The molecule has 31 heavy (non-hydrogen) atoms. The average molecular weight is 439 g/mol. The van der Waals surface area contributed by atoms with Gasteiger partial charge in [-0.3, -0.25) is 0 Å². The van der Waals surface area contributed by atoms with Crippen LogP contribution in [0.5, 0.6) is 0 Å². The molecule has 2 heteroatoms. The molecule has 0 aliphatic carbocycles. The maximum atomic E-state index is 3.46. The van der Waals surface area contributed by atoms with E-state index in [4.69, 9.17) is 0 Å². The molecule has 0 aliphatic heterocycles. The zero-order valence-electron chi connectivity index (χ0n) is 20.7. The summed E-state index contributed by atoms with van der Waals surface area (Å²) in [7, 11) is 0. The van der Waals surface area contributed by atoms with Crippen molar-refractivity contribution in [2.75, 3.05) is 5.32 Å². The fraction of sp³-hybridized carbons (Fsp3) is 0.241. The Kier molecular flexibility index (Phi) is 14.1. The van der Waals surface area contributed by atoms with Gasteiger partial charge in [-0.15, -0.1) is 41.8 Å². The summed E-state index contributed by atoms with van der Waals surface area (Å²) >= 11 is 0. The van der Waals surface area contributed by atoms with Crippen molar-refractivity contribution in [1.82, 2.24) is 0 Å². The first-order chi connectivity index (χ1) is 13.8. The SMILES string of the molecule is CC(C)(C)c1ccc(Nc2ccc([CH-]c3ccccc3)cc2)cc1.CC=C(C)C.[CH3-].[K+]. The minimum Gasteiger partial charge on any atom is -0.358 e. The largest absolute Gasteiger partial charge is 1.00 e. The molecule has 0 spiro atoms. The third-order valence-corrected chi connectivity index (χ3v) is 4.66. The Bertz CT molecular complexity index is 882. The van der Waals surface area contributed by atoms with Gasteiger partial charge in [0.2, 0.25) is 0 Å². The van der Waals surface area contributed by atoms with Gasteiger partial charge in [-0.05, 0) is 43.9 Å². The Morgan fingerprint density at radius 1 is 0.742 bits per heavy atom. The van der Waals surface area contributed by atoms with Crippen molar-refractivity contribution >= 4 is 11.4 Å². The quantitative estimate of drug-likeness (QED) is 0.310. The van der Waals surface area contributed by atoms with Crippen molar-refractivity contribution in [3.8, 4) is 0 Å². The van der Waals surface area contributed by atoms with E-state index in [1.54, 1.807) is 0 Å². The summed E-state index contributed by atoms with van der Waals surface area (Å²) in [5.74, 6) is 0. The molecule has 0 radical (unpaired) electrons. The first kappa shape index (κ1) is 29.7. The zero-order chi connectivity index (χ0) is 21.3. The van der Waals surface area contributed by atoms with E-state index in [1.807, 2.05) is 13.0 Å². The Balaban J connectivity index is 0.00000116. The van der Waals surface area contributed by atoms with Crippen LogP contribution in [0.2, 0.25) is 0 Å². The van der Waals surface area contributed by atoms with Gasteiger partial charge in [-0.2, -0.15) is 0 Å². The summed E-state index contributed by atoms with van der Waals surface area (Å²) in [6, 6.07) is 27.6.